The highest BCUT2D eigenvalue weighted by Crippen LogP contribution is 2.42. The maximum absolute atomic E-state index is 3.78. The van der Waals surface area contributed by atoms with Crippen LogP contribution in [0.4, 0.5) is 0 Å². The first-order valence-electron chi connectivity index (χ1n) is 8.73. The van der Waals surface area contributed by atoms with Gasteiger partial charge in [0.2, 0.25) is 0 Å². The molecule has 2 heteroatoms. The third-order valence-corrected chi connectivity index (χ3v) is 5.96. The monoisotopic (exact) mass is 280 g/mol. The smallest absolute Gasteiger partial charge is 0.0274 e. The zero-order valence-electron chi connectivity index (χ0n) is 14.6. The van der Waals surface area contributed by atoms with Crippen LogP contribution >= 0.6 is 0 Å². The molecule has 1 saturated heterocycles. The summed E-state index contributed by atoms with van der Waals surface area (Å²) in [5.74, 6) is 0.908. The summed E-state index contributed by atoms with van der Waals surface area (Å²) in [6.45, 7) is 18.1. The van der Waals surface area contributed by atoms with Crippen molar-refractivity contribution >= 4 is 0 Å². The second-order valence-corrected chi connectivity index (χ2v) is 8.81. The normalized spacial score (nSPS) is 32.7. The molecule has 1 N–H and O–H groups in total. The summed E-state index contributed by atoms with van der Waals surface area (Å²) in [5.41, 5.74) is 0.948. The Kier molecular flexibility index (Phi) is 4.86. The van der Waals surface area contributed by atoms with E-state index in [1.165, 1.54) is 38.8 Å². The summed E-state index contributed by atoms with van der Waals surface area (Å²) in [4.78, 5) is 2.80. The number of likely N-dealkylation sites (N-methyl/N-ethyl adjacent to an activating group) is 1. The fraction of sp³-hybridized carbons (Fsp3) is 1.00. The third-order valence-electron chi connectivity index (χ3n) is 5.96. The Balaban J connectivity index is 1.96. The Bertz CT molecular complexity index is 308. The van der Waals surface area contributed by atoms with E-state index in [1.54, 1.807) is 0 Å². The van der Waals surface area contributed by atoms with Crippen LogP contribution in [0.15, 0.2) is 0 Å². The lowest BCUT2D eigenvalue weighted by Crippen LogP contribution is -2.54. The average molecular weight is 280 g/mol. The number of hydrogen-bond donors (Lipinski definition) is 1. The van der Waals surface area contributed by atoms with Crippen LogP contribution in [0.2, 0.25) is 0 Å². The van der Waals surface area contributed by atoms with E-state index in [1.807, 2.05) is 0 Å². The van der Waals surface area contributed by atoms with E-state index in [-0.39, 0.29) is 0 Å². The molecule has 0 aromatic carbocycles. The highest BCUT2D eigenvalue weighted by Gasteiger charge is 2.44. The Labute approximate surface area is 126 Å². The van der Waals surface area contributed by atoms with Crippen LogP contribution in [0, 0.1) is 16.7 Å². The standard InChI is InChI=1S/C18H36N2/c1-7-19-16-15(8-11-18(16,5)6)20-12-9-14(10-13-20)17(2,3)4/h14-16,19H,7-13H2,1-6H3. The van der Waals surface area contributed by atoms with Crippen molar-refractivity contribution in [1.82, 2.24) is 10.2 Å². The molecule has 0 aromatic heterocycles. The van der Waals surface area contributed by atoms with E-state index in [9.17, 15) is 0 Å². The van der Waals surface area contributed by atoms with Gasteiger partial charge in [0, 0.05) is 12.1 Å². The molecule has 1 heterocycles. The number of rotatable bonds is 3. The zero-order valence-corrected chi connectivity index (χ0v) is 14.6. The van der Waals surface area contributed by atoms with Crippen molar-refractivity contribution < 1.29 is 0 Å². The molecule has 2 rings (SSSR count). The van der Waals surface area contributed by atoms with Crippen LogP contribution in [0.3, 0.4) is 0 Å². The van der Waals surface area contributed by atoms with Crippen molar-refractivity contribution in [3.63, 3.8) is 0 Å². The summed E-state index contributed by atoms with van der Waals surface area (Å²) < 4.78 is 0. The summed E-state index contributed by atoms with van der Waals surface area (Å²) in [5, 5.41) is 3.78. The summed E-state index contributed by atoms with van der Waals surface area (Å²) in [6.07, 6.45) is 5.53. The highest BCUT2D eigenvalue weighted by atomic mass is 15.2. The number of nitrogens with zero attached hydrogens (tertiary/aromatic N) is 1. The summed E-state index contributed by atoms with van der Waals surface area (Å²) >= 11 is 0. The molecular formula is C18H36N2. The first-order chi connectivity index (χ1) is 9.25. The Morgan fingerprint density at radius 3 is 2.20 bits per heavy atom. The predicted molar refractivity (Wildman–Crippen MR) is 88.0 cm³/mol. The first-order valence-corrected chi connectivity index (χ1v) is 8.73. The third kappa shape index (κ3) is 3.39. The van der Waals surface area contributed by atoms with Crippen molar-refractivity contribution in [3.05, 3.63) is 0 Å². The van der Waals surface area contributed by atoms with E-state index >= 15 is 0 Å². The largest absolute Gasteiger partial charge is 0.312 e. The average Bonchev–Trinajstić information content (AvgIpc) is 2.65. The molecule has 0 amide bonds. The lowest BCUT2D eigenvalue weighted by atomic mass is 9.75. The van der Waals surface area contributed by atoms with Gasteiger partial charge in [-0.15, -0.1) is 0 Å². The molecule has 0 spiro atoms. The molecule has 2 atom stereocenters. The van der Waals surface area contributed by atoms with Crippen LogP contribution in [0.1, 0.15) is 67.2 Å². The van der Waals surface area contributed by atoms with Gasteiger partial charge in [-0.1, -0.05) is 41.5 Å². The van der Waals surface area contributed by atoms with Gasteiger partial charge in [0.1, 0.15) is 0 Å². The van der Waals surface area contributed by atoms with Gasteiger partial charge in [0.25, 0.3) is 0 Å². The van der Waals surface area contributed by atoms with Gasteiger partial charge in [-0.3, -0.25) is 4.90 Å². The maximum Gasteiger partial charge on any atom is 0.0274 e. The highest BCUT2D eigenvalue weighted by molar-refractivity contribution is 5.01. The lowest BCUT2D eigenvalue weighted by Gasteiger charge is -2.44. The van der Waals surface area contributed by atoms with Gasteiger partial charge in [0.05, 0.1) is 0 Å². The fourth-order valence-electron chi connectivity index (χ4n) is 4.49. The molecule has 2 unspecified atom stereocenters. The van der Waals surface area contributed by atoms with Crippen LogP contribution in [0.5, 0.6) is 0 Å². The minimum Gasteiger partial charge on any atom is -0.312 e. The van der Waals surface area contributed by atoms with Crippen molar-refractivity contribution in [3.8, 4) is 0 Å². The summed E-state index contributed by atoms with van der Waals surface area (Å²) in [7, 11) is 0. The number of nitrogens with one attached hydrogen (secondary N) is 1. The Morgan fingerprint density at radius 1 is 1.10 bits per heavy atom. The second-order valence-electron chi connectivity index (χ2n) is 8.81. The van der Waals surface area contributed by atoms with E-state index in [0.29, 0.717) is 16.9 Å². The van der Waals surface area contributed by atoms with Gasteiger partial charge in [-0.2, -0.15) is 0 Å². The number of piperidine rings is 1. The molecule has 2 aliphatic rings. The van der Waals surface area contributed by atoms with E-state index in [4.69, 9.17) is 0 Å². The molecule has 1 aliphatic carbocycles. The summed E-state index contributed by atoms with van der Waals surface area (Å²) in [6, 6.07) is 1.45. The minimum atomic E-state index is 0.460. The van der Waals surface area contributed by atoms with Crippen LogP contribution in [-0.4, -0.2) is 36.6 Å². The van der Waals surface area contributed by atoms with E-state index in [2.05, 4.69) is 51.8 Å². The first kappa shape index (κ1) is 16.3. The second kappa shape index (κ2) is 5.96. The van der Waals surface area contributed by atoms with E-state index in [0.717, 1.165) is 18.5 Å². The quantitative estimate of drug-likeness (QED) is 0.843. The molecule has 1 aliphatic heterocycles. The van der Waals surface area contributed by atoms with E-state index < -0.39 is 0 Å². The van der Waals surface area contributed by atoms with Gasteiger partial charge in [0.15, 0.2) is 0 Å². The molecule has 20 heavy (non-hydrogen) atoms. The number of hydrogen-bond acceptors (Lipinski definition) is 2. The maximum atomic E-state index is 3.78. The molecule has 0 radical (unpaired) electrons. The molecular weight excluding hydrogens is 244 g/mol. The van der Waals surface area contributed by atoms with Crippen molar-refractivity contribution in [2.45, 2.75) is 79.3 Å². The molecule has 118 valence electrons. The SMILES string of the molecule is CCNC1C(N2CCC(C(C)(C)C)CC2)CCC1(C)C. The molecule has 2 nitrogen and oxygen atoms in total. The van der Waals surface area contributed by atoms with Gasteiger partial charge in [-0.05, 0) is 62.1 Å². The van der Waals surface area contributed by atoms with Crippen LogP contribution < -0.4 is 5.32 Å². The zero-order chi connectivity index (χ0) is 15.0. The topological polar surface area (TPSA) is 15.3 Å². The van der Waals surface area contributed by atoms with Gasteiger partial charge >= 0.3 is 0 Å². The Morgan fingerprint density at radius 2 is 1.70 bits per heavy atom. The predicted octanol–water partition coefficient (Wildman–Crippen LogP) is 3.91. The van der Waals surface area contributed by atoms with Gasteiger partial charge < -0.3 is 5.32 Å². The molecule has 0 bridgehead atoms. The molecule has 0 aromatic rings. The van der Waals surface area contributed by atoms with Crippen molar-refractivity contribution in [2.24, 2.45) is 16.7 Å². The van der Waals surface area contributed by atoms with Gasteiger partial charge in [-0.25, -0.2) is 0 Å². The van der Waals surface area contributed by atoms with Crippen LogP contribution in [0.25, 0.3) is 0 Å². The molecule has 2 fully saturated rings. The minimum absolute atomic E-state index is 0.460. The fourth-order valence-corrected chi connectivity index (χ4v) is 4.49. The van der Waals surface area contributed by atoms with Crippen LogP contribution in [-0.2, 0) is 0 Å². The number of likely N-dealkylation sites (tertiary alicyclic amines) is 1. The van der Waals surface area contributed by atoms with Crippen molar-refractivity contribution in [1.29, 1.82) is 0 Å². The van der Waals surface area contributed by atoms with Crippen molar-refractivity contribution in [2.75, 3.05) is 19.6 Å². The Hall–Kier alpha value is -0.0800. The lowest BCUT2D eigenvalue weighted by molar-refractivity contribution is 0.0668. The molecule has 1 saturated carbocycles.